The Bertz CT molecular complexity index is 468. The molecule has 14 heavy (non-hydrogen) atoms. The smallest absolute Gasteiger partial charge is 0.200 e. The molecule has 0 spiro atoms. The lowest BCUT2D eigenvalue weighted by molar-refractivity contribution is 0.411. The van der Waals surface area contributed by atoms with Crippen molar-refractivity contribution in [1.29, 1.82) is 0 Å². The minimum Gasteiger partial charge on any atom is -0.439 e. The Balaban J connectivity index is 2.69. The second-order valence-electron chi connectivity index (χ2n) is 4.36. The highest BCUT2D eigenvalue weighted by atomic mass is 35.5. The van der Waals surface area contributed by atoms with Gasteiger partial charge < -0.3 is 4.42 Å². The molecule has 0 atom stereocenters. The number of rotatable bonds is 0. The second-order valence-corrected chi connectivity index (χ2v) is 4.76. The van der Waals surface area contributed by atoms with Gasteiger partial charge in [0.1, 0.15) is 5.52 Å². The van der Waals surface area contributed by atoms with E-state index < -0.39 is 0 Å². The summed E-state index contributed by atoms with van der Waals surface area (Å²) in [6.45, 7) is 6.18. The Morgan fingerprint density at radius 1 is 1.29 bits per heavy atom. The normalized spacial score (nSPS) is 12.3. The number of hydrogen-bond acceptors (Lipinski definition) is 2. The van der Waals surface area contributed by atoms with E-state index in [0.717, 1.165) is 11.4 Å². The van der Waals surface area contributed by atoms with E-state index in [2.05, 4.69) is 25.8 Å². The van der Waals surface area contributed by atoms with Crippen molar-refractivity contribution in [3.05, 3.63) is 29.1 Å². The Labute approximate surface area is 87.9 Å². The topological polar surface area (TPSA) is 26.0 Å². The molecule has 0 amide bonds. The molecule has 0 fully saturated rings. The quantitative estimate of drug-likeness (QED) is 0.660. The molecule has 0 radical (unpaired) electrons. The van der Waals surface area contributed by atoms with E-state index in [1.54, 1.807) is 0 Å². The lowest BCUT2D eigenvalue weighted by Gasteiger charge is -2.11. The third-order valence-electron chi connectivity index (χ3n) is 2.01. The maximum absolute atomic E-state index is 5.99. The number of aromatic nitrogens is 1. The summed E-state index contributed by atoms with van der Waals surface area (Å²) in [7, 11) is 0. The molecule has 0 bridgehead atoms. The Morgan fingerprint density at radius 3 is 2.57 bits per heavy atom. The largest absolute Gasteiger partial charge is 0.439 e. The van der Waals surface area contributed by atoms with Crippen LogP contribution in [0.25, 0.3) is 11.1 Å². The molecule has 2 rings (SSSR count). The van der Waals surface area contributed by atoms with Crippen LogP contribution in [0.3, 0.4) is 0 Å². The fourth-order valence-corrected chi connectivity index (χ4v) is 1.44. The number of hydrogen-bond donors (Lipinski definition) is 0. The van der Waals surface area contributed by atoms with Crippen molar-refractivity contribution in [3.8, 4) is 0 Å². The fraction of sp³-hybridized carbons (Fsp3) is 0.364. The summed E-state index contributed by atoms with van der Waals surface area (Å²) in [4.78, 5) is 4.39. The number of nitrogens with zero attached hydrogens (tertiary/aromatic N) is 1. The predicted molar refractivity (Wildman–Crippen MR) is 57.7 cm³/mol. The molecule has 3 heteroatoms. The van der Waals surface area contributed by atoms with E-state index in [0.29, 0.717) is 10.6 Å². The van der Waals surface area contributed by atoms with Crippen LogP contribution in [0.5, 0.6) is 0 Å². The van der Waals surface area contributed by atoms with E-state index in [1.165, 1.54) is 0 Å². The van der Waals surface area contributed by atoms with Crippen LogP contribution in [-0.4, -0.2) is 4.98 Å². The first kappa shape index (κ1) is 9.53. The van der Waals surface area contributed by atoms with E-state index in [1.807, 2.05) is 18.2 Å². The zero-order chi connectivity index (χ0) is 10.3. The predicted octanol–water partition coefficient (Wildman–Crippen LogP) is 3.78. The van der Waals surface area contributed by atoms with Crippen LogP contribution in [0.1, 0.15) is 26.7 Å². The van der Waals surface area contributed by atoms with Crippen molar-refractivity contribution in [3.63, 3.8) is 0 Å². The molecule has 0 saturated carbocycles. The number of halogens is 1. The molecule has 0 N–H and O–H groups in total. The highest BCUT2D eigenvalue weighted by Crippen LogP contribution is 2.29. The molecule has 0 unspecified atom stereocenters. The van der Waals surface area contributed by atoms with Crippen molar-refractivity contribution in [2.75, 3.05) is 0 Å². The van der Waals surface area contributed by atoms with Crippen LogP contribution < -0.4 is 0 Å². The zero-order valence-electron chi connectivity index (χ0n) is 8.47. The van der Waals surface area contributed by atoms with Gasteiger partial charge in [0.25, 0.3) is 0 Å². The van der Waals surface area contributed by atoms with E-state index >= 15 is 0 Å². The monoisotopic (exact) mass is 209 g/mol. The average Bonchev–Trinajstić information content (AvgIpc) is 2.48. The van der Waals surface area contributed by atoms with Crippen molar-refractivity contribution < 1.29 is 4.42 Å². The molecule has 0 aliphatic heterocycles. The van der Waals surface area contributed by atoms with Gasteiger partial charge in [-0.15, -0.1) is 0 Å². The first-order chi connectivity index (χ1) is 6.48. The van der Waals surface area contributed by atoms with E-state index in [4.69, 9.17) is 16.0 Å². The van der Waals surface area contributed by atoms with Crippen LogP contribution in [0.4, 0.5) is 0 Å². The fourth-order valence-electron chi connectivity index (χ4n) is 1.24. The van der Waals surface area contributed by atoms with Gasteiger partial charge in [0, 0.05) is 5.41 Å². The molecule has 2 aromatic rings. The number of fused-ring (bicyclic) bond motifs is 1. The van der Waals surface area contributed by atoms with Gasteiger partial charge in [-0.25, -0.2) is 4.98 Å². The van der Waals surface area contributed by atoms with Crippen molar-refractivity contribution in [1.82, 2.24) is 4.98 Å². The summed E-state index contributed by atoms with van der Waals surface area (Å²) in [6, 6.07) is 5.58. The van der Waals surface area contributed by atoms with Crippen molar-refractivity contribution in [2.24, 2.45) is 0 Å². The highest BCUT2D eigenvalue weighted by Gasteiger charge is 2.21. The van der Waals surface area contributed by atoms with Crippen LogP contribution in [0.15, 0.2) is 22.6 Å². The third-order valence-corrected chi connectivity index (χ3v) is 2.31. The van der Waals surface area contributed by atoms with Crippen molar-refractivity contribution >= 4 is 22.7 Å². The summed E-state index contributed by atoms with van der Waals surface area (Å²) in [5.41, 5.74) is 1.42. The molecule has 2 nitrogen and oxygen atoms in total. The third kappa shape index (κ3) is 1.50. The number of oxazole rings is 1. The first-order valence-electron chi connectivity index (χ1n) is 4.54. The van der Waals surface area contributed by atoms with Gasteiger partial charge in [-0.05, 0) is 12.1 Å². The maximum atomic E-state index is 5.99. The van der Waals surface area contributed by atoms with Crippen LogP contribution in [0.2, 0.25) is 5.02 Å². The van der Waals surface area contributed by atoms with Crippen LogP contribution in [-0.2, 0) is 5.41 Å². The van der Waals surface area contributed by atoms with E-state index in [-0.39, 0.29) is 5.41 Å². The molecule has 74 valence electrons. The molecular weight excluding hydrogens is 198 g/mol. The van der Waals surface area contributed by atoms with Gasteiger partial charge in [-0.2, -0.15) is 0 Å². The summed E-state index contributed by atoms with van der Waals surface area (Å²) >= 11 is 5.99. The lowest BCUT2D eigenvalue weighted by Crippen LogP contribution is -2.10. The highest BCUT2D eigenvalue weighted by molar-refractivity contribution is 6.34. The SMILES string of the molecule is CC(C)(C)c1nc2cccc(Cl)c2o1. The minimum absolute atomic E-state index is 0.0810. The maximum Gasteiger partial charge on any atom is 0.200 e. The van der Waals surface area contributed by atoms with Gasteiger partial charge >= 0.3 is 0 Å². The molecule has 1 aromatic heterocycles. The lowest BCUT2D eigenvalue weighted by atomic mass is 9.97. The Kier molecular flexibility index (Phi) is 2.04. The van der Waals surface area contributed by atoms with Gasteiger partial charge in [0.05, 0.1) is 5.02 Å². The first-order valence-corrected chi connectivity index (χ1v) is 4.92. The molecule has 1 aromatic carbocycles. The second kappa shape index (κ2) is 2.99. The van der Waals surface area contributed by atoms with Crippen LogP contribution in [0, 0.1) is 0 Å². The molecule has 1 heterocycles. The van der Waals surface area contributed by atoms with E-state index in [9.17, 15) is 0 Å². The minimum atomic E-state index is -0.0810. The Morgan fingerprint density at radius 2 is 2.00 bits per heavy atom. The van der Waals surface area contributed by atoms with Gasteiger partial charge in [-0.1, -0.05) is 38.4 Å². The summed E-state index contributed by atoms with van der Waals surface area (Å²) in [5.74, 6) is 0.723. The van der Waals surface area contributed by atoms with Crippen LogP contribution >= 0.6 is 11.6 Å². The summed E-state index contributed by atoms with van der Waals surface area (Å²) in [6.07, 6.45) is 0. The molecular formula is C11H12ClNO. The standard InChI is InChI=1S/C11H12ClNO/c1-11(2,3)10-13-8-6-4-5-7(12)9(8)14-10/h4-6H,1-3H3. The average molecular weight is 210 g/mol. The van der Waals surface area contributed by atoms with Gasteiger partial charge in [0.15, 0.2) is 5.58 Å². The Hall–Kier alpha value is -1.02. The molecule has 0 saturated heterocycles. The summed E-state index contributed by atoms with van der Waals surface area (Å²) in [5, 5.41) is 0.616. The number of para-hydroxylation sites is 1. The van der Waals surface area contributed by atoms with Gasteiger partial charge in [-0.3, -0.25) is 0 Å². The van der Waals surface area contributed by atoms with Crippen molar-refractivity contribution in [2.45, 2.75) is 26.2 Å². The zero-order valence-corrected chi connectivity index (χ0v) is 9.22. The molecule has 0 aliphatic rings. The van der Waals surface area contributed by atoms with Gasteiger partial charge in [0.2, 0.25) is 5.89 Å². The summed E-state index contributed by atoms with van der Waals surface area (Å²) < 4.78 is 5.62. The molecule has 0 aliphatic carbocycles. The number of benzene rings is 1.